The number of rotatable bonds is 2. The molecule has 1 aromatic carbocycles. The first-order valence-corrected chi connectivity index (χ1v) is 9.95. The number of nitrogens with two attached hydrogens (primary N) is 1. The maximum Gasteiger partial charge on any atom is 0.226 e. The van der Waals surface area contributed by atoms with Crippen LogP contribution >= 0.6 is 0 Å². The van der Waals surface area contributed by atoms with E-state index in [9.17, 15) is 9.18 Å². The van der Waals surface area contributed by atoms with Gasteiger partial charge in [-0.15, -0.1) is 0 Å². The van der Waals surface area contributed by atoms with Crippen LogP contribution in [0.25, 0.3) is 0 Å². The van der Waals surface area contributed by atoms with Gasteiger partial charge >= 0.3 is 0 Å². The number of amides is 1. The van der Waals surface area contributed by atoms with Crippen LogP contribution in [0.5, 0.6) is 0 Å². The summed E-state index contributed by atoms with van der Waals surface area (Å²) in [7, 11) is 0. The molecule has 2 N–H and O–H groups in total. The van der Waals surface area contributed by atoms with Gasteiger partial charge in [0, 0.05) is 18.5 Å². The highest BCUT2D eigenvalue weighted by Crippen LogP contribution is 2.43. The Morgan fingerprint density at radius 1 is 1.00 bits per heavy atom. The van der Waals surface area contributed by atoms with E-state index in [4.69, 9.17) is 5.73 Å². The Kier molecular flexibility index (Phi) is 4.81. The van der Waals surface area contributed by atoms with Gasteiger partial charge in [0.05, 0.1) is 6.04 Å². The monoisotopic (exact) mass is 344 g/mol. The van der Waals surface area contributed by atoms with Crippen molar-refractivity contribution in [3.8, 4) is 0 Å². The molecule has 4 heteroatoms. The van der Waals surface area contributed by atoms with E-state index in [0.29, 0.717) is 23.8 Å². The number of hydrogen-bond donors (Lipinski definition) is 1. The normalized spacial score (nSPS) is 35.4. The second-order valence-corrected chi connectivity index (χ2v) is 8.29. The van der Waals surface area contributed by atoms with E-state index in [-0.39, 0.29) is 17.8 Å². The number of carbonyl (C=O) groups excluding carboxylic acids is 1. The summed E-state index contributed by atoms with van der Waals surface area (Å²) >= 11 is 0. The molecule has 3 atom stereocenters. The predicted molar refractivity (Wildman–Crippen MR) is 96.2 cm³/mol. The van der Waals surface area contributed by atoms with E-state index in [0.717, 1.165) is 44.2 Å². The maximum atomic E-state index is 13.4. The van der Waals surface area contributed by atoms with Gasteiger partial charge in [0.15, 0.2) is 0 Å². The summed E-state index contributed by atoms with van der Waals surface area (Å²) in [6, 6.07) is 7.12. The first-order valence-electron chi connectivity index (χ1n) is 9.95. The van der Waals surface area contributed by atoms with Gasteiger partial charge in [-0.2, -0.15) is 0 Å². The lowest BCUT2D eigenvalue weighted by Gasteiger charge is -2.46. The molecule has 1 aromatic rings. The molecule has 4 rings (SSSR count). The molecule has 1 heterocycles. The number of hydrogen-bond acceptors (Lipinski definition) is 2. The van der Waals surface area contributed by atoms with Gasteiger partial charge < -0.3 is 10.6 Å². The minimum Gasteiger partial charge on any atom is -0.335 e. The van der Waals surface area contributed by atoms with Crippen LogP contribution in [0, 0.1) is 23.6 Å². The topological polar surface area (TPSA) is 46.3 Å². The van der Waals surface area contributed by atoms with Crippen molar-refractivity contribution in [1.29, 1.82) is 0 Å². The molecule has 0 spiro atoms. The molecule has 1 saturated heterocycles. The molecule has 3 unspecified atom stereocenters. The minimum atomic E-state index is -0.216. The molecule has 0 aromatic heterocycles. The zero-order valence-corrected chi connectivity index (χ0v) is 14.9. The first-order chi connectivity index (χ1) is 12.1. The number of fused-ring (bicyclic) bond motifs is 2. The van der Waals surface area contributed by atoms with Crippen LogP contribution in [0.4, 0.5) is 4.39 Å². The molecule has 25 heavy (non-hydrogen) atoms. The van der Waals surface area contributed by atoms with Gasteiger partial charge in [0.2, 0.25) is 5.91 Å². The summed E-state index contributed by atoms with van der Waals surface area (Å²) in [6.07, 6.45) is 8.75. The van der Waals surface area contributed by atoms with E-state index in [1.807, 2.05) is 12.1 Å². The molecule has 2 aliphatic carbocycles. The Morgan fingerprint density at radius 2 is 1.68 bits per heavy atom. The van der Waals surface area contributed by atoms with E-state index < -0.39 is 0 Å². The first kappa shape index (κ1) is 17.0. The van der Waals surface area contributed by atoms with Crippen LogP contribution < -0.4 is 5.73 Å². The van der Waals surface area contributed by atoms with E-state index in [1.54, 1.807) is 0 Å². The van der Waals surface area contributed by atoms with Gasteiger partial charge in [-0.1, -0.05) is 18.6 Å². The second-order valence-electron chi connectivity index (χ2n) is 8.29. The molecule has 3 aliphatic rings. The van der Waals surface area contributed by atoms with Crippen molar-refractivity contribution in [3.63, 3.8) is 0 Å². The quantitative estimate of drug-likeness (QED) is 0.880. The molecular formula is C21H29FN2O. The summed E-state index contributed by atoms with van der Waals surface area (Å²) in [5, 5.41) is 0. The third-order valence-corrected chi connectivity index (χ3v) is 6.80. The van der Waals surface area contributed by atoms with Crippen LogP contribution in [0.1, 0.15) is 63.0 Å². The molecule has 3 fully saturated rings. The zero-order valence-electron chi connectivity index (χ0n) is 14.9. The minimum absolute atomic E-state index is 0.109. The maximum absolute atomic E-state index is 13.4. The Bertz CT molecular complexity index is 603. The molecule has 3 nitrogen and oxygen atoms in total. The summed E-state index contributed by atoms with van der Waals surface area (Å²) in [4.78, 5) is 15.4. The third kappa shape index (κ3) is 3.33. The number of nitrogens with zero attached hydrogens (tertiary/aromatic N) is 1. The number of likely N-dealkylation sites (tertiary alicyclic amines) is 1. The Hall–Kier alpha value is -1.42. The van der Waals surface area contributed by atoms with Gasteiger partial charge in [-0.3, -0.25) is 4.79 Å². The van der Waals surface area contributed by atoms with Crippen LogP contribution in [-0.4, -0.2) is 23.4 Å². The fraction of sp³-hybridized carbons (Fsp3) is 0.667. The third-order valence-electron chi connectivity index (χ3n) is 6.80. The smallest absolute Gasteiger partial charge is 0.226 e. The van der Waals surface area contributed by atoms with Gasteiger partial charge in [-0.25, -0.2) is 4.39 Å². The Labute approximate surface area is 149 Å². The van der Waals surface area contributed by atoms with Gasteiger partial charge in [-0.05, 0) is 74.5 Å². The molecule has 136 valence electrons. The van der Waals surface area contributed by atoms with E-state index in [1.165, 1.54) is 31.4 Å². The van der Waals surface area contributed by atoms with Gasteiger partial charge in [0.25, 0.3) is 0 Å². The highest BCUT2D eigenvalue weighted by molar-refractivity contribution is 5.79. The Balaban J connectivity index is 1.52. The number of carbonyl (C=O) groups is 1. The lowest BCUT2D eigenvalue weighted by atomic mass is 9.64. The Morgan fingerprint density at radius 3 is 2.36 bits per heavy atom. The van der Waals surface area contributed by atoms with Crippen molar-refractivity contribution in [2.45, 2.75) is 63.5 Å². The second kappa shape index (κ2) is 7.06. The van der Waals surface area contributed by atoms with Crippen LogP contribution in [0.3, 0.4) is 0 Å². The fourth-order valence-corrected chi connectivity index (χ4v) is 5.45. The molecule has 2 saturated carbocycles. The molecule has 2 bridgehead atoms. The fourth-order valence-electron chi connectivity index (χ4n) is 5.45. The number of halogens is 1. The average molecular weight is 344 g/mol. The van der Waals surface area contributed by atoms with Crippen molar-refractivity contribution in [2.24, 2.45) is 23.5 Å². The van der Waals surface area contributed by atoms with Crippen molar-refractivity contribution in [1.82, 2.24) is 4.90 Å². The largest absolute Gasteiger partial charge is 0.335 e. The molecule has 0 radical (unpaired) electrons. The SMILES string of the molecule is NC1C2CCCC1CC(C(=O)N1CCCCC1c1ccc(F)cc1)C2. The van der Waals surface area contributed by atoms with Gasteiger partial charge in [0.1, 0.15) is 5.82 Å². The van der Waals surface area contributed by atoms with Crippen molar-refractivity contribution in [3.05, 3.63) is 35.6 Å². The summed E-state index contributed by atoms with van der Waals surface area (Å²) in [5.41, 5.74) is 7.47. The predicted octanol–water partition coefficient (Wildman–Crippen LogP) is 4.03. The zero-order chi connectivity index (χ0) is 17.4. The highest BCUT2D eigenvalue weighted by Gasteiger charge is 2.42. The standard InChI is InChI=1S/C21H29FN2O/c22-18-9-7-14(8-10-18)19-6-1-2-11-24(19)21(25)17-12-15-4-3-5-16(13-17)20(15)23/h7-10,15-17,19-20H,1-6,11-13,23H2. The van der Waals surface area contributed by atoms with Crippen molar-refractivity contribution < 1.29 is 9.18 Å². The molecule has 1 amide bonds. The molecule has 1 aliphatic heterocycles. The number of piperidine rings is 1. The molecular weight excluding hydrogens is 315 g/mol. The van der Waals surface area contributed by atoms with Crippen LogP contribution in [-0.2, 0) is 4.79 Å². The summed E-state index contributed by atoms with van der Waals surface area (Å²) in [5.74, 6) is 1.28. The van der Waals surface area contributed by atoms with Crippen LogP contribution in [0.2, 0.25) is 0 Å². The summed E-state index contributed by atoms with van der Waals surface area (Å²) in [6.45, 7) is 0.832. The lowest BCUT2D eigenvalue weighted by molar-refractivity contribution is -0.142. The van der Waals surface area contributed by atoms with Crippen molar-refractivity contribution in [2.75, 3.05) is 6.54 Å². The number of benzene rings is 1. The van der Waals surface area contributed by atoms with E-state index in [2.05, 4.69) is 4.90 Å². The average Bonchev–Trinajstić information content (AvgIpc) is 2.62. The lowest BCUT2D eigenvalue weighted by Crippen LogP contribution is -2.50. The van der Waals surface area contributed by atoms with Crippen LogP contribution in [0.15, 0.2) is 24.3 Å². The van der Waals surface area contributed by atoms with E-state index >= 15 is 0 Å². The summed E-state index contributed by atoms with van der Waals surface area (Å²) < 4.78 is 13.3. The highest BCUT2D eigenvalue weighted by atomic mass is 19.1. The van der Waals surface area contributed by atoms with Crippen molar-refractivity contribution >= 4 is 5.91 Å².